The third-order valence-corrected chi connectivity index (χ3v) is 5.02. The summed E-state index contributed by atoms with van der Waals surface area (Å²) < 4.78 is 35.3. The highest BCUT2D eigenvalue weighted by Gasteiger charge is 2.22. The third-order valence-electron chi connectivity index (χ3n) is 4.75. The van der Waals surface area contributed by atoms with Gasteiger partial charge in [0.1, 0.15) is 11.6 Å². The van der Waals surface area contributed by atoms with Crippen LogP contribution in [0.5, 0.6) is 0 Å². The van der Waals surface area contributed by atoms with Crippen molar-refractivity contribution in [3.8, 4) is 0 Å². The van der Waals surface area contributed by atoms with Gasteiger partial charge in [-0.25, -0.2) is 8.78 Å². The first kappa shape index (κ1) is 24.8. The molecule has 1 N–H and O–H groups in total. The molecule has 1 aliphatic heterocycles. The van der Waals surface area contributed by atoms with E-state index in [0.29, 0.717) is 27.8 Å². The quantitative estimate of drug-likeness (QED) is 0.283. The second-order valence-electron chi connectivity index (χ2n) is 6.75. The fourth-order valence-corrected chi connectivity index (χ4v) is 2.85. The van der Waals surface area contributed by atoms with Crippen LogP contribution < -0.4 is 5.32 Å². The second-order valence-corrected chi connectivity index (χ2v) is 7.18. The van der Waals surface area contributed by atoms with Crippen LogP contribution in [0.4, 0.5) is 14.5 Å². The zero-order valence-electron chi connectivity index (χ0n) is 18.3. The molecule has 0 aliphatic carbocycles. The molecule has 0 radical (unpaired) electrons. The molecule has 0 aromatic heterocycles. The molecule has 168 valence electrons. The maximum atomic E-state index is 15.4. The summed E-state index contributed by atoms with van der Waals surface area (Å²) in [6.45, 7) is 12.0. The van der Waals surface area contributed by atoms with Gasteiger partial charge in [0.15, 0.2) is 11.6 Å². The average Bonchev–Trinajstić information content (AvgIpc) is 2.78. The van der Waals surface area contributed by atoms with E-state index in [1.165, 1.54) is 55.8 Å². The predicted molar refractivity (Wildman–Crippen MR) is 126 cm³/mol. The molecule has 0 atom stereocenters. The van der Waals surface area contributed by atoms with Crippen molar-refractivity contribution in [3.63, 3.8) is 0 Å². The van der Waals surface area contributed by atoms with Gasteiger partial charge in [-0.2, -0.15) is 0 Å². The Bertz CT molecular complexity index is 1110. The molecule has 1 aromatic rings. The molecule has 0 fully saturated rings. The summed E-state index contributed by atoms with van der Waals surface area (Å²) in [7, 11) is 1.46. The number of nitrogens with one attached hydrogen (secondary N) is 1. The lowest BCUT2D eigenvalue weighted by Gasteiger charge is -2.23. The number of anilines is 1. The van der Waals surface area contributed by atoms with Gasteiger partial charge in [-0.15, -0.1) is 0 Å². The number of ketones is 1. The molecule has 0 bridgehead atoms. The minimum atomic E-state index is -0.863. The molecular weight excluding hydrogens is 436 g/mol. The molecule has 0 unspecified atom stereocenters. The summed E-state index contributed by atoms with van der Waals surface area (Å²) in [5, 5.41) is 3.17. The first-order chi connectivity index (χ1) is 15.1. The van der Waals surface area contributed by atoms with Gasteiger partial charge in [-0.1, -0.05) is 30.8 Å². The van der Waals surface area contributed by atoms with Crippen molar-refractivity contribution >= 4 is 35.0 Å². The molecule has 1 heterocycles. The maximum absolute atomic E-state index is 15.4. The topological polar surface area (TPSA) is 53.9 Å². The van der Waals surface area contributed by atoms with Gasteiger partial charge in [-0.05, 0) is 39.0 Å². The van der Waals surface area contributed by atoms with Crippen LogP contribution >= 0.6 is 11.6 Å². The number of hydrogen-bond donors (Lipinski definition) is 1. The Morgan fingerprint density at radius 1 is 1.25 bits per heavy atom. The Balaban J connectivity index is 2.57. The number of benzene rings is 1. The SMILES string of the molecule is C=C/C(Cl)=C\C(Nc1ccc(F)c(C2=CN(C=C)/C(=C(\C)C(C)=O)C=N2)c1F)=C(/C)OC. The minimum Gasteiger partial charge on any atom is -0.499 e. The van der Waals surface area contributed by atoms with Crippen LogP contribution in [0.15, 0.2) is 82.6 Å². The van der Waals surface area contributed by atoms with Crippen molar-refractivity contribution in [2.75, 3.05) is 12.4 Å². The normalized spacial score (nSPS) is 16.2. The first-order valence-electron chi connectivity index (χ1n) is 9.53. The predicted octanol–water partition coefficient (Wildman–Crippen LogP) is 6.25. The maximum Gasteiger partial charge on any atom is 0.159 e. The fourth-order valence-electron chi connectivity index (χ4n) is 2.74. The number of carbonyl (C=O) groups is 1. The highest BCUT2D eigenvalue weighted by molar-refractivity contribution is 6.31. The Morgan fingerprint density at radius 2 is 1.94 bits per heavy atom. The molecule has 0 amide bonds. The van der Waals surface area contributed by atoms with Crippen LogP contribution in [0.3, 0.4) is 0 Å². The Morgan fingerprint density at radius 3 is 2.50 bits per heavy atom. The van der Waals surface area contributed by atoms with E-state index in [2.05, 4.69) is 23.5 Å². The molecule has 0 saturated carbocycles. The zero-order chi connectivity index (χ0) is 24.0. The van der Waals surface area contributed by atoms with Crippen LogP contribution in [0, 0.1) is 11.6 Å². The van der Waals surface area contributed by atoms with Gasteiger partial charge in [0.2, 0.25) is 0 Å². The van der Waals surface area contributed by atoms with E-state index in [9.17, 15) is 9.18 Å². The molecule has 2 rings (SSSR count). The largest absolute Gasteiger partial charge is 0.499 e. The van der Waals surface area contributed by atoms with Gasteiger partial charge in [-0.3, -0.25) is 9.79 Å². The molecule has 32 heavy (non-hydrogen) atoms. The zero-order valence-corrected chi connectivity index (χ0v) is 19.1. The van der Waals surface area contributed by atoms with Crippen molar-refractivity contribution in [2.24, 2.45) is 4.99 Å². The molecule has 0 spiro atoms. The lowest BCUT2D eigenvalue weighted by Crippen LogP contribution is -2.18. The number of ether oxygens (including phenoxy) is 1. The van der Waals surface area contributed by atoms with Gasteiger partial charge in [0, 0.05) is 23.0 Å². The fraction of sp³-hybridized carbons (Fsp3) is 0.167. The van der Waals surface area contributed by atoms with Crippen LogP contribution in [0.1, 0.15) is 26.3 Å². The highest BCUT2D eigenvalue weighted by Crippen LogP contribution is 2.32. The van der Waals surface area contributed by atoms with E-state index < -0.39 is 11.6 Å². The number of nitrogens with zero attached hydrogens (tertiary/aromatic N) is 2. The molecule has 8 heteroatoms. The van der Waals surface area contributed by atoms with Crippen LogP contribution in [0.2, 0.25) is 0 Å². The Kier molecular flexibility index (Phi) is 8.32. The van der Waals surface area contributed by atoms with Crippen molar-refractivity contribution in [3.05, 3.63) is 94.8 Å². The first-order valence-corrected chi connectivity index (χ1v) is 9.90. The smallest absolute Gasteiger partial charge is 0.159 e. The van der Waals surface area contributed by atoms with E-state index in [0.717, 1.165) is 6.07 Å². The van der Waals surface area contributed by atoms with E-state index >= 15 is 4.39 Å². The lowest BCUT2D eigenvalue weighted by molar-refractivity contribution is -0.113. The molecule has 5 nitrogen and oxygen atoms in total. The standard InChI is InChI=1S/C24H24ClF2N3O2/c1-7-17(25)11-20(16(5)32-6)29-19-10-9-18(26)23(24(19)27)21-13-30(8-2)22(12-28-21)14(3)15(4)31/h7-13,29H,1-2H2,3-6H3/b17-11+,20-16-,22-14+. The summed E-state index contributed by atoms with van der Waals surface area (Å²) in [6, 6.07) is 2.39. The number of hydrogen-bond acceptors (Lipinski definition) is 5. The number of aliphatic imine (C=N–C) groups is 1. The van der Waals surface area contributed by atoms with E-state index in [-0.39, 0.29) is 22.7 Å². The number of rotatable bonds is 8. The Labute approximate surface area is 191 Å². The second kappa shape index (κ2) is 10.7. The Hall–Kier alpha value is -3.45. The summed E-state index contributed by atoms with van der Waals surface area (Å²) in [4.78, 5) is 17.4. The monoisotopic (exact) mass is 459 g/mol. The van der Waals surface area contributed by atoms with E-state index in [1.807, 2.05) is 0 Å². The molecule has 1 aromatic carbocycles. The van der Waals surface area contributed by atoms with Crippen LogP contribution in [-0.4, -0.2) is 24.0 Å². The number of allylic oxidation sites excluding steroid dienone is 6. The van der Waals surface area contributed by atoms with Crippen molar-refractivity contribution < 1.29 is 18.3 Å². The van der Waals surface area contributed by atoms with Gasteiger partial charge in [0.25, 0.3) is 0 Å². The van der Waals surface area contributed by atoms with Gasteiger partial charge in [0.05, 0.1) is 41.7 Å². The van der Waals surface area contributed by atoms with E-state index in [4.69, 9.17) is 16.3 Å². The lowest BCUT2D eigenvalue weighted by atomic mass is 10.1. The summed E-state index contributed by atoms with van der Waals surface area (Å²) in [5.41, 5.74) is 0.945. The third kappa shape index (κ3) is 5.42. The molecule has 0 saturated heterocycles. The van der Waals surface area contributed by atoms with Gasteiger partial charge < -0.3 is 15.0 Å². The minimum absolute atomic E-state index is 0.0138. The summed E-state index contributed by atoms with van der Waals surface area (Å²) in [6.07, 6.45) is 7.13. The molecular formula is C24H24ClF2N3O2. The number of methoxy groups -OCH3 is 1. The van der Waals surface area contributed by atoms with E-state index in [1.54, 1.807) is 13.8 Å². The van der Waals surface area contributed by atoms with Crippen LogP contribution in [-0.2, 0) is 9.53 Å². The molecule has 1 aliphatic rings. The average molecular weight is 460 g/mol. The number of Topliss-reactive ketones (excluding diaryl/α,β-unsaturated/α-hetero) is 1. The number of halogens is 3. The van der Waals surface area contributed by atoms with Crippen molar-refractivity contribution in [1.82, 2.24) is 4.90 Å². The number of carbonyl (C=O) groups excluding carboxylic acids is 1. The van der Waals surface area contributed by atoms with Gasteiger partial charge >= 0.3 is 0 Å². The van der Waals surface area contributed by atoms with Crippen molar-refractivity contribution in [2.45, 2.75) is 20.8 Å². The van der Waals surface area contributed by atoms with Crippen LogP contribution in [0.25, 0.3) is 5.70 Å². The van der Waals surface area contributed by atoms with Crippen molar-refractivity contribution in [1.29, 1.82) is 0 Å². The highest BCUT2D eigenvalue weighted by atomic mass is 35.5. The summed E-state index contributed by atoms with van der Waals surface area (Å²) in [5.74, 6) is -1.39. The summed E-state index contributed by atoms with van der Waals surface area (Å²) >= 11 is 6.03.